The zero-order chi connectivity index (χ0) is 10.1. The van der Waals surface area contributed by atoms with Gasteiger partial charge in [-0.1, -0.05) is 12.1 Å². The maximum absolute atomic E-state index is 11.1. The predicted octanol–water partition coefficient (Wildman–Crippen LogP) is 1.74. The lowest BCUT2D eigenvalue weighted by atomic mass is 9.84. The SMILES string of the molecule is CC(C)(C(N)=O)c1ccc(S)cc1. The molecule has 3 heteroatoms. The van der Waals surface area contributed by atoms with E-state index in [0.717, 1.165) is 10.5 Å². The van der Waals surface area contributed by atoms with Crippen LogP contribution in [0.3, 0.4) is 0 Å². The van der Waals surface area contributed by atoms with Gasteiger partial charge in [0.15, 0.2) is 0 Å². The van der Waals surface area contributed by atoms with Gasteiger partial charge in [-0.05, 0) is 31.5 Å². The topological polar surface area (TPSA) is 43.1 Å². The van der Waals surface area contributed by atoms with Gasteiger partial charge in [-0.25, -0.2) is 0 Å². The minimum absolute atomic E-state index is 0.320. The van der Waals surface area contributed by atoms with Crippen molar-refractivity contribution < 1.29 is 4.79 Å². The van der Waals surface area contributed by atoms with Gasteiger partial charge in [-0.2, -0.15) is 0 Å². The summed E-state index contributed by atoms with van der Waals surface area (Å²) in [5.41, 5.74) is 5.59. The van der Waals surface area contributed by atoms with E-state index in [0.29, 0.717) is 0 Å². The average Bonchev–Trinajstić information content (AvgIpc) is 2.04. The van der Waals surface area contributed by atoms with Crippen LogP contribution in [0.4, 0.5) is 0 Å². The summed E-state index contributed by atoms with van der Waals surface area (Å²) in [7, 11) is 0. The zero-order valence-electron chi connectivity index (χ0n) is 7.74. The number of carbonyl (C=O) groups excluding carboxylic acids is 1. The van der Waals surface area contributed by atoms with Crippen molar-refractivity contribution in [1.82, 2.24) is 0 Å². The fraction of sp³-hybridized carbons (Fsp3) is 0.300. The van der Waals surface area contributed by atoms with Crippen molar-refractivity contribution >= 4 is 18.5 Å². The molecule has 0 aliphatic heterocycles. The second-order valence-corrected chi connectivity index (χ2v) is 4.05. The van der Waals surface area contributed by atoms with Crippen LogP contribution in [0.25, 0.3) is 0 Å². The number of nitrogens with two attached hydrogens (primary N) is 1. The monoisotopic (exact) mass is 195 g/mol. The van der Waals surface area contributed by atoms with Gasteiger partial charge >= 0.3 is 0 Å². The molecule has 0 spiro atoms. The molecule has 0 heterocycles. The maximum Gasteiger partial charge on any atom is 0.227 e. The second kappa shape index (κ2) is 3.42. The van der Waals surface area contributed by atoms with E-state index in [1.54, 1.807) is 0 Å². The molecule has 1 aromatic rings. The highest BCUT2D eigenvalue weighted by atomic mass is 32.1. The molecule has 0 saturated carbocycles. The number of rotatable bonds is 2. The standard InChI is InChI=1S/C10H13NOS/c1-10(2,9(11)12)7-3-5-8(13)6-4-7/h3-6,13H,1-2H3,(H2,11,12). The van der Waals surface area contributed by atoms with Crippen LogP contribution < -0.4 is 5.73 Å². The van der Waals surface area contributed by atoms with E-state index in [1.165, 1.54) is 0 Å². The van der Waals surface area contributed by atoms with Gasteiger partial charge in [0.05, 0.1) is 5.41 Å². The molecule has 0 aliphatic rings. The predicted molar refractivity (Wildman–Crippen MR) is 55.9 cm³/mol. The van der Waals surface area contributed by atoms with Gasteiger partial charge in [0.2, 0.25) is 5.91 Å². The summed E-state index contributed by atoms with van der Waals surface area (Å²) in [4.78, 5) is 12.0. The van der Waals surface area contributed by atoms with Gasteiger partial charge in [-0.3, -0.25) is 4.79 Å². The van der Waals surface area contributed by atoms with Gasteiger partial charge in [0.1, 0.15) is 0 Å². The highest BCUT2D eigenvalue weighted by molar-refractivity contribution is 7.80. The molecule has 0 saturated heterocycles. The number of hydrogen-bond acceptors (Lipinski definition) is 2. The summed E-state index contributed by atoms with van der Waals surface area (Å²) in [6.45, 7) is 3.62. The van der Waals surface area contributed by atoms with Crippen molar-refractivity contribution in [2.24, 2.45) is 5.73 Å². The number of carbonyl (C=O) groups is 1. The highest BCUT2D eigenvalue weighted by Gasteiger charge is 2.26. The van der Waals surface area contributed by atoms with Gasteiger partial charge < -0.3 is 5.73 Å². The molecule has 0 aliphatic carbocycles. The van der Waals surface area contributed by atoms with Crippen LogP contribution in [0.1, 0.15) is 19.4 Å². The van der Waals surface area contributed by atoms with E-state index in [-0.39, 0.29) is 5.91 Å². The first kappa shape index (κ1) is 10.1. The lowest BCUT2D eigenvalue weighted by Gasteiger charge is -2.20. The average molecular weight is 195 g/mol. The third-order valence-electron chi connectivity index (χ3n) is 2.20. The van der Waals surface area contributed by atoms with Crippen LogP contribution in [0.15, 0.2) is 29.2 Å². The van der Waals surface area contributed by atoms with E-state index in [2.05, 4.69) is 12.6 Å². The van der Waals surface area contributed by atoms with Crippen molar-refractivity contribution in [2.45, 2.75) is 24.2 Å². The summed E-state index contributed by atoms with van der Waals surface area (Å²) < 4.78 is 0. The summed E-state index contributed by atoms with van der Waals surface area (Å²) in [6, 6.07) is 7.44. The van der Waals surface area contributed by atoms with Gasteiger partial charge in [0, 0.05) is 4.90 Å². The van der Waals surface area contributed by atoms with Crippen LogP contribution in [-0.4, -0.2) is 5.91 Å². The Morgan fingerprint density at radius 3 is 2.15 bits per heavy atom. The summed E-state index contributed by atoms with van der Waals surface area (Å²) >= 11 is 4.16. The van der Waals surface area contributed by atoms with Crippen LogP contribution in [0.5, 0.6) is 0 Å². The molecule has 0 fully saturated rings. The molecule has 0 bridgehead atoms. The van der Waals surface area contributed by atoms with Crippen molar-refractivity contribution in [1.29, 1.82) is 0 Å². The van der Waals surface area contributed by atoms with Gasteiger partial charge in [-0.15, -0.1) is 12.6 Å². The fourth-order valence-corrected chi connectivity index (χ4v) is 1.17. The number of thiol groups is 1. The van der Waals surface area contributed by atoms with Gasteiger partial charge in [0.25, 0.3) is 0 Å². The largest absolute Gasteiger partial charge is 0.369 e. The number of amides is 1. The summed E-state index contributed by atoms with van der Waals surface area (Å²) in [6.07, 6.45) is 0. The Morgan fingerprint density at radius 1 is 1.31 bits per heavy atom. The molecule has 1 aromatic carbocycles. The van der Waals surface area contributed by atoms with Crippen molar-refractivity contribution in [3.05, 3.63) is 29.8 Å². The summed E-state index contributed by atoms with van der Waals surface area (Å²) in [5.74, 6) is -0.320. The lowest BCUT2D eigenvalue weighted by molar-refractivity contribution is -0.122. The minimum atomic E-state index is -0.610. The van der Waals surface area contributed by atoms with Crippen LogP contribution in [0.2, 0.25) is 0 Å². The molecule has 0 radical (unpaired) electrons. The van der Waals surface area contributed by atoms with E-state index in [1.807, 2.05) is 38.1 Å². The third-order valence-corrected chi connectivity index (χ3v) is 2.50. The Labute approximate surface area is 83.5 Å². The minimum Gasteiger partial charge on any atom is -0.369 e. The van der Waals surface area contributed by atoms with Crippen molar-refractivity contribution in [2.75, 3.05) is 0 Å². The smallest absolute Gasteiger partial charge is 0.227 e. The molecule has 0 atom stereocenters. The van der Waals surface area contributed by atoms with E-state index < -0.39 is 5.41 Å². The van der Waals surface area contributed by atoms with E-state index >= 15 is 0 Å². The maximum atomic E-state index is 11.1. The van der Waals surface area contributed by atoms with Crippen molar-refractivity contribution in [3.8, 4) is 0 Å². The fourth-order valence-electron chi connectivity index (χ4n) is 1.02. The molecular weight excluding hydrogens is 182 g/mol. The normalized spacial score (nSPS) is 11.3. The molecule has 2 N–H and O–H groups in total. The summed E-state index contributed by atoms with van der Waals surface area (Å²) in [5, 5.41) is 0. The van der Waals surface area contributed by atoms with Crippen LogP contribution in [0, 0.1) is 0 Å². The Bertz CT molecular complexity index is 316. The number of hydrogen-bond donors (Lipinski definition) is 2. The zero-order valence-corrected chi connectivity index (χ0v) is 8.64. The first-order chi connectivity index (χ1) is 5.94. The highest BCUT2D eigenvalue weighted by Crippen LogP contribution is 2.23. The number of benzene rings is 1. The van der Waals surface area contributed by atoms with E-state index in [9.17, 15) is 4.79 Å². The first-order valence-electron chi connectivity index (χ1n) is 4.04. The Balaban J connectivity index is 3.08. The van der Waals surface area contributed by atoms with Crippen LogP contribution >= 0.6 is 12.6 Å². The Hall–Kier alpha value is -0.960. The second-order valence-electron chi connectivity index (χ2n) is 3.54. The molecule has 2 nitrogen and oxygen atoms in total. The number of primary amides is 1. The molecule has 70 valence electrons. The van der Waals surface area contributed by atoms with Crippen molar-refractivity contribution in [3.63, 3.8) is 0 Å². The third kappa shape index (κ3) is 2.04. The Morgan fingerprint density at radius 2 is 1.77 bits per heavy atom. The Kier molecular flexibility index (Phi) is 2.66. The molecular formula is C10H13NOS. The van der Waals surface area contributed by atoms with E-state index in [4.69, 9.17) is 5.73 Å². The first-order valence-corrected chi connectivity index (χ1v) is 4.48. The lowest BCUT2D eigenvalue weighted by Crippen LogP contribution is -2.35. The quantitative estimate of drug-likeness (QED) is 0.693. The molecule has 1 amide bonds. The molecule has 0 unspecified atom stereocenters. The molecule has 1 rings (SSSR count). The molecule has 0 aromatic heterocycles. The molecule has 13 heavy (non-hydrogen) atoms. The van der Waals surface area contributed by atoms with Crippen LogP contribution in [-0.2, 0) is 10.2 Å².